The maximum atomic E-state index is 13.1. The van der Waals surface area contributed by atoms with Gasteiger partial charge in [0, 0.05) is 5.56 Å². The molecule has 0 bridgehead atoms. The zero-order valence-corrected chi connectivity index (χ0v) is 9.38. The van der Waals surface area contributed by atoms with Crippen molar-refractivity contribution < 1.29 is 9.18 Å². The number of fused-ring (bicyclic) bond motifs is 1. The lowest BCUT2D eigenvalue weighted by Gasteiger charge is -2.07. The normalized spacial score (nSPS) is 10.7. The van der Waals surface area contributed by atoms with Gasteiger partial charge in [0.05, 0.1) is 16.7 Å². The minimum Gasteiger partial charge on any atom is -0.298 e. The number of carbonyl (C=O) groups excluding carboxylic acids is 1. The molecule has 0 saturated heterocycles. The molecule has 0 radical (unpaired) electrons. The largest absolute Gasteiger partial charge is 0.298 e. The minimum absolute atomic E-state index is 0.304. The molecular formula is C14H9FN2O. The van der Waals surface area contributed by atoms with Crippen molar-refractivity contribution in [3.8, 4) is 5.69 Å². The quantitative estimate of drug-likeness (QED) is 0.645. The van der Waals surface area contributed by atoms with Gasteiger partial charge in [-0.15, -0.1) is 0 Å². The van der Waals surface area contributed by atoms with E-state index in [2.05, 4.69) is 4.98 Å². The molecule has 18 heavy (non-hydrogen) atoms. The van der Waals surface area contributed by atoms with Crippen molar-refractivity contribution >= 4 is 17.3 Å². The standard InChI is InChI=1S/C14H9FN2O/c15-11-5-6-13(10(7-11)8-18)17-9-16-12-3-1-2-4-14(12)17/h1-9H. The molecule has 3 rings (SSSR count). The van der Waals surface area contributed by atoms with Crippen LogP contribution in [-0.4, -0.2) is 15.8 Å². The van der Waals surface area contributed by atoms with Gasteiger partial charge in [0.1, 0.15) is 12.1 Å². The van der Waals surface area contributed by atoms with Crippen LogP contribution in [-0.2, 0) is 0 Å². The molecule has 0 aliphatic heterocycles. The highest BCUT2D eigenvalue weighted by atomic mass is 19.1. The predicted octanol–water partition coefficient (Wildman–Crippen LogP) is 2.98. The van der Waals surface area contributed by atoms with Crippen molar-refractivity contribution in [1.29, 1.82) is 0 Å². The summed E-state index contributed by atoms with van der Waals surface area (Å²) in [4.78, 5) is 15.3. The Morgan fingerprint density at radius 3 is 2.83 bits per heavy atom. The number of halogens is 1. The van der Waals surface area contributed by atoms with Gasteiger partial charge in [-0.1, -0.05) is 12.1 Å². The molecule has 3 nitrogen and oxygen atoms in total. The van der Waals surface area contributed by atoms with Crippen LogP contribution in [0, 0.1) is 5.82 Å². The van der Waals surface area contributed by atoms with Gasteiger partial charge in [-0.3, -0.25) is 9.36 Å². The Labute approximate surface area is 103 Å². The number of hydrogen-bond acceptors (Lipinski definition) is 2. The average molecular weight is 240 g/mol. The van der Waals surface area contributed by atoms with Crippen LogP contribution in [0.1, 0.15) is 10.4 Å². The molecule has 0 atom stereocenters. The predicted molar refractivity (Wildman–Crippen MR) is 66.4 cm³/mol. The van der Waals surface area contributed by atoms with Crippen LogP contribution < -0.4 is 0 Å². The number of para-hydroxylation sites is 2. The summed E-state index contributed by atoms with van der Waals surface area (Å²) in [6.45, 7) is 0. The first kappa shape index (κ1) is 10.7. The molecule has 1 heterocycles. The van der Waals surface area contributed by atoms with Crippen LogP contribution in [0.2, 0.25) is 0 Å². The number of rotatable bonds is 2. The Morgan fingerprint density at radius 1 is 1.17 bits per heavy atom. The van der Waals surface area contributed by atoms with Crippen LogP contribution in [0.3, 0.4) is 0 Å². The van der Waals surface area contributed by atoms with Gasteiger partial charge >= 0.3 is 0 Å². The monoisotopic (exact) mass is 240 g/mol. The smallest absolute Gasteiger partial charge is 0.152 e. The Hall–Kier alpha value is -2.49. The summed E-state index contributed by atoms with van der Waals surface area (Å²) in [5, 5.41) is 0. The molecule has 0 aliphatic rings. The van der Waals surface area contributed by atoms with Gasteiger partial charge in [-0.2, -0.15) is 0 Å². The van der Waals surface area contributed by atoms with E-state index in [4.69, 9.17) is 0 Å². The van der Waals surface area contributed by atoms with Gasteiger partial charge < -0.3 is 0 Å². The molecule has 0 aliphatic carbocycles. The van der Waals surface area contributed by atoms with Gasteiger partial charge in [-0.05, 0) is 30.3 Å². The third-order valence-corrected chi connectivity index (χ3v) is 2.83. The lowest BCUT2D eigenvalue weighted by molar-refractivity contribution is 0.112. The summed E-state index contributed by atoms with van der Waals surface area (Å²) >= 11 is 0. The fourth-order valence-electron chi connectivity index (χ4n) is 1.99. The van der Waals surface area contributed by atoms with Crippen LogP contribution in [0.25, 0.3) is 16.7 Å². The molecule has 0 spiro atoms. The topological polar surface area (TPSA) is 34.9 Å². The summed E-state index contributed by atoms with van der Waals surface area (Å²) in [6.07, 6.45) is 2.28. The Balaban J connectivity index is 2.29. The van der Waals surface area contributed by atoms with Crippen LogP contribution in [0.4, 0.5) is 4.39 Å². The zero-order valence-electron chi connectivity index (χ0n) is 9.38. The summed E-state index contributed by atoms with van der Waals surface area (Å²) < 4.78 is 14.9. The van der Waals surface area contributed by atoms with Crippen molar-refractivity contribution in [2.45, 2.75) is 0 Å². The van der Waals surface area contributed by atoms with E-state index in [0.29, 0.717) is 17.5 Å². The van der Waals surface area contributed by atoms with Gasteiger partial charge in [0.15, 0.2) is 6.29 Å². The van der Waals surface area contributed by atoms with Crippen LogP contribution in [0.5, 0.6) is 0 Å². The second kappa shape index (κ2) is 4.07. The maximum absolute atomic E-state index is 13.1. The van der Waals surface area contributed by atoms with E-state index in [-0.39, 0.29) is 0 Å². The van der Waals surface area contributed by atoms with E-state index in [1.165, 1.54) is 12.1 Å². The Kier molecular flexibility index (Phi) is 2.41. The van der Waals surface area contributed by atoms with Gasteiger partial charge in [0.25, 0.3) is 0 Å². The van der Waals surface area contributed by atoms with E-state index >= 15 is 0 Å². The molecule has 0 saturated carbocycles. The zero-order chi connectivity index (χ0) is 12.5. The molecule has 0 fully saturated rings. The number of hydrogen-bond donors (Lipinski definition) is 0. The fraction of sp³-hybridized carbons (Fsp3) is 0. The lowest BCUT2D eigenvalue weighted by Crippen LogP contribution is -1.98. The summed E-state index contributed by atoms with van der Waals surface area (Å²) in [5.74, 6) is -0.426. The van der Waals surface area contributed by atoms with E-state index in [1.807, 2.05) is 24.3 Å². The average Bonchev–Trinajstić information content (AvgIpc) is 2.82. The summed E-state index contributed by atoms with van der Waals surface area (Å²) in [6, 6.07) is 11.7. The molecule has 88 valence electrons. The van der Waals surface area contributed by atoms with Crippen LogP contribution >= 0.6 is 0 Å². The number of benzene rings is 2. The lowest BCUT2D eigenvalue weighted by atomic mass is 10.2. The Bertz CT molecular complexity index is 733. The SMILES string of the molecule is O=Cc1cc(F)ccc1-n1cnc2ccccc21. The number of aldehydes is 1. The summed E-state index contributed by atoms with van der Waals surface area (Å²) in [5.41, 5.74) is 2.64. The number of imidazole rings is 1. The third-order valence-electron chi connectivity index (χ3n) is 2.83. The van der Waals surface area contributed by atoms with Gasteiger partial charge in [-0.25, -0.2) is 9.37 Å². The minimum atomic E-state index is -0.426. The molecule has 2 aromatic carbocycles. The Morgan fingerprint density at radius 2 is 2.00 bits per heavy atom. The molecule has 0 amide bonds. The van der Waals surface area contributed by atoms with Crippen molar-refractivity contribution in [2.24, 2.45) is 0 Å². The molecule has 1 aromatic heterocycles. The van der Waals surface area contributed by atoms with Crippen LogP contribution in [0.15, 0.2) is 48.8 Å². The molecule has 3 aromatic rings. The number of aromatic nitrogens is 2. The van der Waals surface area contributed by atoms with Crippen molar-refractivity contribution in [1.82, 2.24) is 9.55 Å². The van der Waals surface area contributed by atoms with Crippen molar-refractivity contribution in [2.75, 3.05) is 0 Å². The van der Waals surface area contributed by atoms with E-state index < -0.39 is 5.82 Å². The highest BCUT2D eigenvalue weighted by Crippen LogP contribution is 2.20. The first-order valence-electron chi connectivity index (χ1n) is 5.47. The first-order valence-corrected chi connectivity index (χ1v) is 5.47. The molecule has 4 heteroatoms. The van der Waals surface area contributed by atoms with E-state index in [9.17, 15) is 9.18 Å². The fourth-order valence-corrected chi connectivity index (χ4v) is 1.99. The highest BCUT2D eigenvalue weighted by molar-refractivity contribution is 5.84. The third kappa shape index (κ3) is 1.59. The van der Waals surface area contributed by atoms with E-state index in [1.54, 1.807) is 17.0 Å². The maximum Gasteiger partial charge on any atom is 0.152 e. The van der Waals surface area contributed by atoms with Gasteiger partial charge in [0.2, 0.25) is 0 Å². The summed E-state index contributed by atoms with van der Waals surface area (Å²) in [7, 11) is 0. The first-order chi connectivity index (χ1) is 8.79. The molecular weight excluding hydrogens is 231 g/mol. The molecule has 0 N–H and O–H groups in total. The number of carbonyl (C=O) groups is 1. The number of nitrogens with zero attached hydrogens (tertiary/aromatic N) is 2. The van der Waals surface area contributed by atoms with Crippen molar-refractivity contribution in [3.05, 3.63) is 60.2 Å². The van der Waals surface area contributed by atoms with Crippen molar-refractivity contribution in [3.63, 3.8) is 0 Å². The van der Waals surface area contributed by atoms with E-state index in [0.717, 1.165) is 11.0 Å². The highest BCUT2D eigenvalue weighted by Gasteiger charge is 2.08. The molecule has 0 unspecified atom stereocenters. The second-order valence-corrected chi connectivity index (χ2v) is 3.92. The second-order valence-electron chi connectivity index (χ2n) is 3.92.